The summed E-state index contributed by atoms with van der Waals surface area (Å²) in [6, 6.07) is 9.73. The molecule has 3 aromatic rings. The third-order valence-electron chi connectivity index (χ3n) is 5.68. The van der Waals surface area contributed by atoms with Gasteiger partial charge < -0.3 is 0 Å². The molecule has 0 unspecified atom stereocenters. The Hall–Kier alpha value is -2.87. The molecule has 11 nitrogen and oxygen atoms in total. The number of aromatic nitrogens is 3. The molecule has 176 valence electrons. The average Bonchev–Trinajstić information content (AvgIpc) is 3.42. The number of rotatable bonds is 7. The lowest BCUT2D eigenvalue weighted by atomic mass is 9.97. The van der Waals surface area contributed by atoms with Crippen molar-refractivity contribution >= 4 is 27.2 Å². The summed E-state index contributed by atoms with van der Waals surface area (Å²) in [5, 5.41) is 18.1. The number of piperidine rings is 1. The fourth-order valence-corrected chi connectivity index (χ4v) is 5.73. The zero-order valence-electron chi connectivity index (χ0n) is 18.2. The first kappa shape index (κ1) is 23.3. The summed E-state index contributed by atoms with van der Waals surface area (Å²) in [7, 11) is -0.466. The van der Waals surface area contributed by atoms with Gasteiger partial charge in [0.1, 0.15) is 10.8 Å². The second-order valence-corrected chi connectivity index (χ2v) is 11.0. The minimum atomic E-state index is -3.49. The van der Waals surface area contributed by atoms with Crippen LogP contribution in [0.3, 0.4) is 0 Å². The molecular weight excluding hydrogens is 468 g/mol. The van der Waals surface area contributed by atoms with Gasteiger partial charge >= 0.3 is 5.69 Å². The van der Waals surface area contributed by atoms with E-state index in [1.807, 2.05) is 17.5 Å². The third-order valence-corrected chi connectivity index (χ3v) is 8.47. The van der Waals surface area contributed by atoms with E-state index in [1.54, 1.807) is 16.7 Å². The molecule has 33 heavy (non-hydrogen) atoms. The number of non-ortho nitro benzene ring substituents is 1. The Balaban J connectivity index is 1.63. The van der Waals surface area contributed by atoms with Crippen LogP contribution < -0.4 is 5.69 Å². The molecule has 0 atom stereocenters. The Morgan fingerprint density at radius 2 is 1.85 bits per heavy atom. The highest BCUT2D eigenvalue weighted by atomic mass is 32.2. The highest BCUT2D eigenvalue weighted by Crippen LogP contribution is 2.30. The van der Waals surface area contributed by atoms with Crippen LogP contribution in [0.25, 0.3) is 5.00 Å². The van der Waals surface area contributed by atoms with Crippen LogP contribution in [0.4, 0.5) is 5.69 Å². The molecule has 1 fully saturated rings. The van der Waals surface area contributed by atoms with Gasteiger partial charge in [0.05, 0.1) is 11.5 Å². The quantitative estimate of drug-likeness (QED) is 0.367. The summed E-state index contributed by atoms with van der Waals surface area (Å²) in [4.78, 5) is 23.7. The first-order chi connectivity index (χ1) is 15.7. The third kappa shape index (κ3) is 4.62. The second-order valence-electron chi connectivity index (χ2n) is 7.97. The van der Waals surface area contributed by atoms with Gasteiger partial charge in [-0.3, -0.25) is 10.1 Å². The van der Waals surface area contributed by atoms with Crippen LogP contribution in [0.15, 0.2) is 46.6 Å². The first-order valence-corrected chi connectivity index (χ1v) is 12.6. The lowest BCUT2D eigenvalue weighted by Gasteiger charge is -2.32. The Morgan fingerprint density at radius 1 is 1.18 bits per heavy atom. The average molecular weight is 493 g/mol. The van der Waals surface area contributed by atoms with Crippen molar-refractivity contribution in [2.45, 2.75) is 25.3 Å². The number of benzene rings is 1. The lowest BCUT2D eigenvalue weighted by Crippen LogP contribution is -2.44. The molecule has 0 N–H and O–H groups in total. The zero-order valence-corrected chi connectivity index (χ0v) is 19.8. The van der Waals surface area contributed by atoms with Crippen molar-refractivity contribution in [3.8, 4) is 5.00 Å². The number of nitro groups is 1. The molecule has 4 rings (SSSR count). The monoisotopic (exact) mass is 492 g/mol. The van der Waals surface area contributed by atoms with Gasteiger partial charge in [-0.15, -0.1) is 11.3 Å². The van der Waals surface area contributed by atoms with Gasteiger partial charge in [0.15, 0.2) is 0 Å². The van der Waals surface area contributed by atoms with Crippen molar-refractivity contribution in [2.24, 2.45) is 0 Å². The maximum atomic E-state index is 13.3. The second kappa shape index (κ2) is 9.17. The summed E-state index contributed by atoms with van der Waals surface area (Å²) >= 11 is 1.42. The number of hydrogen-bond donors (Lipinski definition) is 0. The van der Waals surface area contributed by atoms with Crippen LogP contribution in [-0.2, 0) is 16.8 Å². The molecule has 0 amide bonds. The van der Waals surface area contributed by atoms with E-state index in [4.69, 9.17) is 0 Å². The highest BCUT2D eigenvalue weighted by Gasteiger charge is 2.33. The molecular formula is C20H24N6O5S2. The molecule has 13 heteroatoms. The Bertz CT molecular complexity index is 1290. The van der Waals surface area contributed by atoms with E-state index >= 15 is 0 Å². The normalized spacial score (nSPS) is 15.8. The molecule has 2 aromatic heterocycles. The Morgan fingerprint density at radius 3 is 2.39 bits per heavy atom. The van der Waals surface area contributed by atoms with Gasteiger partial charge in [-0.25, -0.2) is 14.0 Å². The Labute approximate surface area is 194 Å². The molecule has 1 aromatic carbocycles. The van der Waals surface area contributed by atoms with E-state index in [9.17, 15) is 23.3 Å². The van der Waals surface area contributed by atoms with Crippen LogP contribution in [0.1, 0.15) is 30.1 Å². The highest BCUT2D eigenvalue weighted by molar-refractivity contribution is 7.86. The van der Waals surface area contributed by atoms with E-state index in [1.165, 1.54) is 50.9 Å². The summed E-state index contributed by atoms with van der Waals surface area (Å²) in [6.45, 7) is 0.869. The maximum Gasteiger partial charge on any atom is 0.351 e. The van der Waals surface area contributed by atoms with E-state index in [0.29, 0.717) is 31.8 Å². The molecule has 0 spiro atoms. The predicted molar refractivity (Wildman–Crippen MR) is 124 cm³/mol. The number of nitrogens with zero attached hydrogens (tertiary/aromatic N) is 6. The first-order valence-electron chi connectivity index (χ1n) is 10.3. The van der Waals surface area contributed by atoms with Gasteiger partial charge in [0.25, 0.3) is 15.9 Å². The lowest BCUT2D eigenvalue weighted by molar-refractivity contribution is -0.384. The standard InChI is InChI=1S/C20H24N6O5S2/c1-22(2)33(30,31)23-11-9-16(10-12-23)19-21-24(20(27)25(19)18-4-3-13-32-18)14-15-5-7-17(8-6-15)26(28)29/h3-8,13,16H,9-12,14H2,1-2H3. The van der Waals surface area contributed by atoms with Crippen molar-refractivity contribution in [3.05, 3.63) is 73.8 Å². The largest absolute Gasteiger partial charge is 0.351 e. The van der Waals surface area contributed by atoms with Gasteiger partial charge in [0, 0.05) is 45.2 Å². The van der Waals surface area contributed by atoms with Gasteiger partial charge in [-0.05, 0) is 35.9 Å². The fraction of sp³-hybridized carbons (Fsp3) is 0.400. The molecule has 1 aliphatic rings. The van der Waals surface area contributed by atoms with Crippen LogP contribution in [0.2, 0.25) is 0 Å². The van der Waals surface area contributed by atoms with E-state index in [-0.39, 0.29) is 23.8 Å². The maximum absolute atomic E-state index is 13.3. The topological polar surface area (TPSA) is 124 Å². The summed E-state index contributed by atoms with van der Waals surface area (Å²) < 4.78 is 30.5. The molecule has 0 saturated carbocycles. The van der Waals surface area contributed by atoms with Crippen LogP contribution >= 0.6 is 11.3 Å². The van der Waals surface area contributed by atoms with E-state index in [2.05, 4.69) is 5.10 Å². The molecule has 3 heterocycles. The van der Waals surface area contributed by atoms with Crippen LogP contribution in [0.5, 0.6) is 0 Å². The zero-order chi connectivity index (χ0) is 23.8. The van der Waals surface area contributed by atoms with Gasteiger partial charge in [-0.2, -0.15) is 22.1 Å². The number of nitro benzene ring substituents is 1. The van der Waals surface area contributed by atoms with Crippen LogP contribution in [-0.4, -0.2) is 63.5 Å². The predicted octanol–water partition coefficient (Wildman–Crippen LogP) is 2.04. The number of hydrogen-bond acceptors (Lipinski definition) is 7. The smallest absolute Gasteiger partial charge is 0.258 e. The minimum Gasteiger partial charge on any atom is -0.258 e. The Kier molecular flexibility index (Phi) is 6.47. The van der Waals surface area contributed by atoms with Gasteiger partial charge in [-0.1, -0.05) is 12.1 Å². The molecule has 1 saturated heterocycles. The minimum absolute atomic E-state index is 0.0182. The van der Waals surface area contributed by atoms with Crippen molar-refractivity contribution < 1.29 is 13.3 Å². The van der Waals surface area contributed by atoms with Crippen molar-refractivity contribution in [2.75, 3.05) is 27.2 Å². The molecule has 0 radical (unpaired) electrons. The summed E-state index contributed by atoms with van der Waals surface area (Å²) in [6.07, 6.45) is 1.10. The van der Waals surface area contributed by atoms with E-state index < -0.39 is 15.1 Å². The summed E-state index contributed by atoms with van der Waals surface area (Å²) in [5.74, 6) is 0.526. The molecule has 0 aliphatic carbocycles. The van der Waals surface area contributed by atoms with Crippen molar-refractivity contribution in [1.82, 2.24) is 23.0 Å². The SMILES string of the molecule is CN(C)S(=O)(=O)N1CCC(c2nn(Cc3ccc([N+](=O)[O-])cc3)c(=O)n2-c2cccs2)CC1. The molecule has 0 bridgehead atoms. The summed E-state index contributed by atoms with van der Waals surface area (Å²) in [5.41, 5.74) is 0.404. The molecule has 1 aliphatic heterocycles. The van der Waals surface area contributed by atoms with Gasteiger partial charge in [0.2, 0.25) is 0 Å². The van der Waals surface area contributed by atoms with Crippen LogP contribution in [0, 0.1) is 10.1 Å². The van der Waals surface area contributed by atoms with Crippen molar-refractivity contribution in [3.63, 3.8) is 0 Å². The fourth-order valence-electron chi connectivity index (χ4n) is 3.87. The number of thiophene rings is 1. The van der Waals surface area contributed by atoms with Crippen molar-refractivity contribution in [1.29, 1.82) is 0 Å². The van der Waals surface area contributed by atoms with E-state index in [0.717, 1.165) is 10.6 Å².